The Morgan fingerprint density at radius 2 is 2.55 bits per heavy atom. The first-order chi connectivity index (χ1) is 5.22. The van der Waals surface area contributed by atoms with E-state index in [0.717, 1.165) is 0 Å². The van der Waals surface area contributed by atoms with E-state index in [1.165, 1.54) is 18.9 Å². The summed E-state index contributed by atoms with van der Waals surface area (Å²) in [7, 11) is 1.31. The molecule has 0 aliphatic heterocycles. The van der Waals surface area contributed by atoms with Gasteiger partial charge in [-0.1, -0.05) is 5.92 Å². The average molecular weight is 173 g/mol. The highest BCUT2D eigenvalue weighted by molar-refractivity contribution is 7.99. The molecule has 0 bridgehead atoms. The predicted molar refractivity (Wildman–Crippen MR) is 46.1 cm³/mol. The highest BCUT2D eigenvalue weighted by Gasteiger charge is 2.12. The summed E-state index contributed by atoms with van der Waals surface area (Å²) in [6.45, 7) is 0. The second kappa shape index (κ2) is 6.08. The maximum Gasteiger partial charge on any atom is 0.323 e. The summed E-state index contributed by atoms with van der Waals surface area (Å²) in [4.78, 5) is 10.7. The van der Waals surface area contributed by atoms with Gasteiger partial charge in [-0.15, -0.1) is 18.2 Å². The molecule has 0 aliphatic carbocycles. The van der Waals surface area contributed by atoms with Crippen molar-refractivity contribution in [2.75, 3.05) is 18.6 Å². The van der Waals surface area contributed by atoms with Crippen LogP contribution in [0, 0.1) is 12.3 Å². The number of thioether (sulfide) groups is 1. The van der Waals surface area contributed by atoms with E-state index in [0.29, 0.717) is 11.5 Å². The highest BCUT2D eigenvalue weighted by Crippen LogP contribution is 2.00. The highest BCUT2D eigenvalue weighted by atomic mass is 32.2. The number of carbonyl (C=O) groups is 1. The van der Waals surface area contributed by atoms with E-state index in [-0.39, 0.29) is 0 Å². The van der Waals surface area contributed by atoms with Gasteiger partial charge in [-0.2, -0.15) is 0 Å². The summed E-state index contributed by atoms with van der Waals surface area (Å²) in [6.07, 6.45) is 5.00. The van der Waals surface area contributed by atoms with Crippen LogP contribution in [0.15, 0.2) is 0 Å². The molecular weight excluding hydrogens is 162 g/mol. The molecule has 0 saturated heterocycles. The van der Waals surface area contributed by atoms with Crippen molar-refractivity contribution in [3.63, 3.8) is 0 Å². The zero-order valence-electron chi connectivity index (χ0n) is 6.37. The Kier molecular flexibility index (Phi) is 5.71. The number of hydrogen-bond donors (Lipinski definition) is 1. The molecule has 0 amide bonds. The van der Waals surface area contributed by atoms with Gasteiger partial charge >= 0.3 is 5.97 Å². The van der Waals surface area contributed by atoms with Crippen molar-refractivity contribution in [3.05, 3.63) is 0 Å². The van der Waals surface area contributed by atoms with Crippen molar-refractivity contribution in [2.45, 2.75) is 6.04 Å². The van der Waals surface area contributed by atoms with Crippen molar-refractivity contribution < 1.29 is 9.53 Å². The summed E-state index contributed by atoms with van der Waals surface area (Å²) < 4.78 is 4.41. The van der Waals surface area contributed by atoms with Crippen molar-refractivity contribution in [2.24, 2.45) is 5.73 Å². The van der Waals surface area contributed by atoms with E-state index in [1.807, 2.05) is 0 Å². The molecule has 0 heterocycles. The average Bonchev–Trinajstić information content (AvgIpc) is 2.03. The summed E-state index contributed by atoms with van der Waals surface area (Å²) in [5.74, 6) is 3.13. The second-order valence-corrected chi connectivity index (χ2v) is 2.88. The molecule has 11 heavy (non-hydrogen) atoms. The van der Waals surface area contributed by atoms with Crippen LogP contribution in [-0.2, 0) is 9.53 Å². The molecule has 0 saturated carbocycles. The Hall–Kier alpha value is -0.660. The van der Waals surface area contributed by atoms with Crippen LogP contribution < -0.4 is 5.73 Å². The molecule has 3 nitrogen and oxygen atoms in total. The van der Waals surface area contributed by atoms with Gasteiger partial charge in [0.1, 0.15) is 6.04 Å². The predicted octanol–water partition coefficient (Wildman–Crippen LogP) is -0.147. The summed E-state index contributed by atoms with van der Waals surface area (Å²) in [6, 6.07) is -0.557. The van der Waals surface area contributed by atoms with Gasteiger partial charge in [0.15, 0.2) is 0 Å². The van der Waals surface area contributed by atoms with Crippen molar-refractivity contribution in [1.82, 2.24) is 0 Å². The first kappa shape index (κ1) is 10.3. The minimum atomic E-state index is -0.557. The van der Waals surface area contributed by atoms with Gasteiger partial charge < -0.3 is 10.5 Å². The van der Waals surface area contributed by atoms with Gasteiger partial charge in [0.2, 0.25) is 0 Å². The topological polar surface area (TPSA) is 52.3 Å². The van der Waals surface area contributed by atoms with Crippen LogP contribution in [0.1, 0.15) is 0 Å². The van der Waals surface area contributed by atoms with Gasteiger partial charge in [-0.3, -0.25) is 4.79 Å². The molecule has 0 aromatic carbocycles. The molecule has 2 N–H and O–H groups in total. The minimum Gasteiger partial charge on any atom is -0.468 e. The maximum absolute atomic E-state index is 10.7. The fourth-order valence-corrected chi connectivity index (χ4v) is 1.09. The Bertz CT molecular complexity index is 164. The molecule has 0 unspecified atom stereocenters. The SMILES string of the molecule is C#CCSC[C@H](N)C(=O)OC. The fourth-order valence-electron chi connectivity index (χ4n) is 0.464. The zero-order chi connectivity index (χ0) is 8.69. The first-order valence-electron chi connectivity index (χ1n) is 3.07. The quantitative estimate of drug-likeness (QED) is 0.365. The molecule has 1 atom stereocenters. The zero-order valence-corrected chi connectivity index (χ0v) is 7.19. The number of ether oxygens (including phenoxy) is 1. The van der Waals surface area contributed by atoms with Crippen LogP contribution in [0.25, 0.3) is 0 Å². The maximum atomic E-state index is 10.7. The van der Waals surface area contributed by atoms with Crippen LogP contribution in [-0.4, -0.2) is 30.6 Å². The van der Waals surface area contributed by atoms with E-state index in [4.69, 9.17) is 12.2 Å². The van der Waals surface area contributed by atoms with E-state index < -0.39 is 12.0 Å². The number of terminal acetylenes is 1. The number of methoxy groups -OCH3 is 1. The molecule has 62 valence electrons. The molecule has 0 aromatic heterocycles. The molecule has 4 heteroatoms. The van der Waals surface area contributed by atoms with E-state index >= 15 is 0 Å². The normalized spacial score (nSPS) is 11.7. The lowest BCUT2D eigenvalue weighted by Crippen LogP contribution is -2.33. The van der Waals surface area contributed by atoms with Gasteiger partial charge in [-0.05, 0) is 0 Å². The molecule has 0 aromatic rings. The third-order valence-electron chi connectivity index (χ3n) is 0.987. The molecule has 0 aliphatic rings. The standard InChI is InChI=1S/C7H11NO2S/c1-3-4-11-5-6(8)7(9)10-2/h1,6H,4-5,8H2,2H3/t6-/m0/s1. The monoisotopic (exact) mass is 173 g/mol. The number of esters is 1. The second-order valence-electron chi connectivity index (χ2n) is 1.85. The summed E-state index contributed by atoms with van der Waals surface area (Å²) in [5.41, 5.74) is 5.40. The lowest BCUT2D eigenvalue weighted by molar-refractivity contribution is -0.141. The van der Waals surface area contributed by atoms with E-state index in [9.17, 15) is 4.79 Å². The number of hydrogen-bond acceptors (Lipinski definition) is 4. The first-order valence-corrected chi connectivity index (χ1v) is 4.22. The lowest BCUT2D eigenvalue weighted by Gasteiger charge is -2.06. The van der Waals surface area contributed by atoms with Crippen molar-refractivity contribution in [1.29, 1.82) is 0 Å². The van der Waals surface area contributed by atoms with Gasteiger partial charge in [0, 0.05) is 5.75 Å². The van der Waals surface area contributed by atoms with E-state index in [1.54, 1.807) is 0 Å². The molecule has 0 rings (SSSR count). The van der Waals surface area contributed by atoms with Crippen molar-refractivity contribution >= 4 is 17.7 Å². The van der Waals surface area contributed by atoms with Gasteiger partial charge in [0.25, 0.3) is 0 Å². The van der Waals surface area contributed by atoms with Gasteiger partial charge in [0.05, 0.1) is 12.9 Å². The Balaban J connectivity index is 3.45. The van der Waals surface area contributed by atoms with Crippen molar-refractivity contribution in [3.8, 4) is 12.3 Å². The van der Waals surface area contributed by atoms with Crippen LogP contribution in [0.5, 0.6) is 0 Å². The third-order valence-corrected chi connectivity index (χ3v) is 1.95. The summed E-state index contributed by atoms with van der Waals surface area (Å²) in [5, 5.41) is 0. The third kappa shape index (κ3) is 4.71. The molecule has 0 radical (unpaired) electrons. The Labute approximate surface area is 70.7 Å². The van der Waals surface area contributed by atoms with Crippen LogP contribution >= 0.6 is 11.8 Å². The Morgan fingerprint density at radius 1 is 1.91 bits per heavy atom. The fraction of sp³-hybridized carbons (Fsp3) is 0.571. The van der Waals surface area contributed by atoms with Crippen LogP contribution in [0.3, 0.4) is 0 Å². The molecule has 0 fully saturated rings. The Morgan fingerprint density at radius 3 is 3.00 bits per heavy atom. The number of rotatable bonds is 4. The number of carbonyl (C=O) groups excluding carboxylic acids is 1. The van der Waals surface area contributed by atoms with Crippen LogP contribution in [0.2, 0.25) is 0 Å². The summed E-state index contributed by atoms with van der Waals surface area (Å²) >= 11 is 1.44. The van der Waals surface area contributed by atoms with Crippen LogP contribution in [0.4, 0.5) is 0 Å². The lowest BCUT2D eigenvalue weighted by atomic mass is 10.4. The molecule has 0 spiro atoms. The van der Waals surface area contributed by atoms with E-state index in [2.05, 4.69) is 10.7 Å². The molecular formula is C7H11NO2S. The largest absolute Gasteiger partial charge is 0.468 e. The number of nitrogens with two attached hydrogens (primary N) is 1. The smallest absolute Gasteiger partial charge is 0.323 e. The minimum absolute atomic E-state index is 0.394. The van der Waals surface area contributed by atoms with Gasteiger partial charge in [-0.25, -0.2) is 0 Å².